The lowest BCUT2D eigenvalue weighted by Crippen LogP contribution is -2.02. The Morgan fingerprint density at radius 2 is 1.84 bits per heavy atom. The number of anilines is 2. The number of nitrogens with one attached hydrogen (secondary N) is 1. The van der Waals surface area contributed by atoms with Crippen molar-refractivity contribution >= 4 is 39.7 Å². The van der Waals surface area contributed by atoms with E-state index in [0.29, 0.717) is 10.9 Å². The standard InChI is InChI=1S/C24H19N3O2S2/c1-29-22-9-5-4-8-20(22)25-23-26-27-24(31-23)30-14-21(28)17-11-10-16-12-15-6-2-3-7-18(15)19(16)13-17/h2-11,13H,12,14H2,1H3,(H,25,26). The summed E-state index contributed by atoms with van der Waals surface area (Å²) in [4.78, 5) is 12.8. The summed E-state index contributed by atoms with van der Waals surface area (Å²) < 4.78 is 6.10. The summed E-state index contributed by atoms with van der Waals surface area (Å²) in [7, 11) is 1.63. The summed E-state index contributed by atoms with van der Waals surface area (Å²) in [6.07, 6.45) is 0.932. The lowest BCUT2D eigenvalue weighted by molar-refractivity contribution is 0.102. The van der Waals surface area contributed by atoms with Crippen LogP contribution in [-0.2, 0) is 6.42 Å². The molecule has 4 aromatic rings. The van der Waals surface area contributed by atoms with Gasteiger partial charge in [-0.05, 0) is 46.9 Å². The maximum absolute atomic E-state index is 12.8. The maximum atomic E-state index is 12.8. The number of aromatic nitrogens is 2. The molecule has 7 heteroatoms. The number of para-hydroxylation sites is 2. The minimum atomic E-state index is 0.0895. The zero-order valence-corrected chi connectivity index (χ0v) is 18.4. The van der Waals surface area contributed by atoms with Gasteiger partial charge in [0.1, 0.15) is 5.75 Å². The summed E-state index contributed by atoms with van der Waals surface area (Å²) in [6, 6.07) is 22.1. The van der Waals surface area contributed by atoms with E-state index in [0.717, 1.165) is 27.8 Å². The molecule has 1 N–H and O–H groups in total. The van der Waals surface area contributed by atoms with Crippen LogP contribution in [0.1, 0.15) is 21.5 Å². The highest BCUT2D eigenvalue weighted by molar-refractivity contribution is 8.01. The normalized spacial score (nSPS) is 11.6. The zero-order chi connectivity index (χ0) is 21.2. The first kappa shape index (κ1) is 19.8. The summed E-state index contributed by atoms with van der Waals surface area (Å²) in [6.45, 7) is 0. The van der Waals surface area contributed by atoms with Gasteiger partial charge in [-0.1, -0.05) is 71.6 Å². The molecular weight excluding hydrogens is 426 g/mol. The van der Waals surface area contributed by atoms with Gasteiger partial charge in [0, 0.05) is 5.56 Å². The highest BCUT2D eigenvalue weighted by Gasteiger charge is 2.20. The van der Waals surface area contributed by atoms with Crippen molar-refractivity contribution in [3.63, 3.8) is 0 Å². The molecule has 3 aromatic carbocycles. The van der Waals surface area contributed by atoms with Gasteiger partial charge in [-0.3, -0.25) is 4.79 Å². The number of methoxy groups -OCH3 is 1. The number of fused-ring (bicyclic) bond motifs is 3. The van der Waals surface area contributed by atoms with Gasteiger partial charge in [-0.15, -0.1) is 10.2 Å². The summed E-state index contributed by atoms with van der Waals surface area (Å²) in [5.74, 6) is 1.15. The number of ketones is 1. The molecule has 5 rings (SSSR count). The highest BCUT2D eigenvalue weighted by Crippen LogP contribution is 2.37. The molecule has 1 heterocycles. The van der Waals surface area contributed by atoms with Crippen LogP contribution in [0.5, 0.6) is 5.75 Å². The van der Waals surface area contributed by atoms with E-state index in [-0.39, 0.29) is 5.78 Å². The van der Waals surface area contributed by atoms with Gasteiger partial charge in [0.2, 0.25) is 5.13 Å². The van der Waals surface area contributed by atoms with Crippen LogP contribution in [0.4, 0.5) is 10.8 Å². The SMILES string of the molecule is COc1ccccc1Nc1nnc(SCC(=O)c2ccc3c(c2)-c2ccccc2C3)s1. The van der Waals surface area contributed by atoms with Crippen LogP contribution in [-0.4, -0.2) is 28.8 Å². The smallest absolute Gasteiger partial charge is 0.210 e. The van der Waals surface area contributed by atoms with Crippen molar-refractivity contribution in [2.45, 2.75) is 10.8 Å². The summed E-state index contributed by atoms with van der Waals surface area (Å²) in [5, 5.41) is 12.3. The third-order valence-electron chi connectivity index (χ3n) is 5.20. The van der Waals surface area contributed by atoms with E-state index in [4.69, 9.17) is 4.74 Å². The van der Waals surface area contributed by atoms with Gasteiger partial charge in [0.05, 0.1) is 18.6 Å². The summed E-state index contributed by atoms with van der Waals surface area (Å²) in [5.41, 5.74) is 6.57. The Bertz CT molecular complexity index is 1270. The van der Waals surface area contributed by atoms with Crippen LogP contribution < -0.4 is 10.1 Å². The minimum absolute atomic E-state index is 0.0895. The quantitative estimate of drug-likeness (QED) is 0.251. The zero-order valence-electron chi connectivity index (χ0n) is 16.8. The van der Waals surface area contributed by atoms with Crippen molar-refractivity contribution < 1.29 is 9.53 Å². The Hall–Kier alpha value is -3.16. The van der Waals surface area contributed by atoms with Crippen LogP contribution in [0.25, 0.3) is 11.1 Å². The number of ether oxygens (including phenoxy) is 1. The Morgan fingerprint density at radius 3 is 2.74 bits per heavy atom. The molecule has 0 unspecified atom stereocenters. The predicted molar refractivity (Wildman–Crippen MR) is 126 cm³/mol. The molecule has 0 spiro atoms. The molecule has 1 aliphatic carbocycles. The van der Waals surface area contributed by atoms with Gasteiger partial charge in [0.25, 0.3) is 0 Å². The van der Waals surface area contributed by atoms with Crippen LogP contribution in [0.15, 0.2) is 71.1 Å². The van der Waals surface area contributed by atoms with Crippen molar-refractivity contribution in [2.24, 2.45) is 0 Å². The molecule has 0 aliphatic heterocycles. The first-order chi connectivity index (χ1) is 15.2. The minimum Gasteiger partial charge on any atom is -0.495 e. The largest absolute Gasteiger partial charge is 0.495 e. The third kappa shape index (κ3) is 4.06. The van der Waals surface area contributed by atoms with Gasteiger partial charge < -0.3 is 10.1 Å². The van der Waals surface area contributed by atoms with Crippen LogP contribution in [0.3, 0.4) is 0 Å². The van der Waals surface area contributed by atoms with Crippen molar-refractivity contribution in [1.29, 1.82) is 0 Å². The second kappa shape index (κ2) is 8.53. The van der Waals surface area contributed by atoms with Crippen molar-refractivity contribution in [3.8, 4) is 16.9 Å². The number of nitrogens with zero attached hydrogens (tertiary/aromatic N) is 2. The monoisotopic (exact) mass is 445 g/mol. The first-order valence-electron chi connectivity index (χ1n) is 9.82. The van der Waals surface area contributed by atoms with Gasteiger partial charge in [-0.25, -0.2) is 0 Å². The topological polar surface area (TPSA) is 64.1 Å². The fourth-order valence-electron chi connectivity index (χ4n) is 3.69. The number of rotatable bonds is 7. The van der Waals surface area contributed by atoms with E-state index in [1.807, 2.05) is 42.5 Å². The van der Waals surface area contributed by atoms with Crippen molar-refractivity contribution in [1.82, 2.24) is 10.2 Å². The highest BCUT2D eigenvalue weighted by atomic mass is 32.2. The Kier molecular flexibility index (Phi) is 5.44. The van der Waals surface area contributed by atoms with Crippen LogP contribution >= 0.6 is 23.1 Å². The van der Waals surface area contributed by atoms with Crippen LogP contribution in [0, 0.1) is 0 Å². The molecule has 0 amide bonds. The van der Waals surface area contributed by atoms with E-state index in [1.165, 1.54) is 45.4 Å². The Balaban J connectivity index is 1.25. The third-order valence-corrected chi connectivity index (χ3v) is 7.17. The number of benzene rings is 3. The Labute approximate surface area is 188 Å². The lowest BCUT2D eigenvalue weighted by atomic mass is 10.0. The predicted octanol–water partition coefficient (Wildman–Crippen LogP) is 5.84. The van der Waals surface area contributed by atoms with E-state index >= 15 is 0 Å². The van der Waals surface area contributed by atoms with Gasteiger partial charge in [-0.2, -0.15) is 0 Å². The number of hydrogen-bond acceptors (Lipinski definition) is 7. The molecule has 0 atom stereocenters. The van der Waals surface area contributed by atoms with Crippen LogP contribution in [0.2, 0.25) is 0 Å². The van der Waals surface area contributed by atoms with Crippen molar-refractivity contribution in [3.05, 3.63) is 83.4 Å². The first-order valence-corrected chi connectivity index (χ1v) is 11.6. The number of carbonyl (C=O) groups is 1. The average Bonchev–Trinajstić information content (AvgIpc) is 3.41. The van der Waals surface area contributed by atoms with E-state index in [2.05, 4.69) is 39.8 Å². The molecule has 0 fully saturated rings. The number of Topliss-reactive ketones (excluding diaryl/α,β-unsaturated/α-hetero) is 1. The van der Waals surface area contributed by atoms with E-state index < -0.39 is 0 Å². The molecule has 1 aliphatic rings. The molecule has 1 aromatic heterocycles. The fraction of sp³-hybridized carbons (Fsp3) is 0.125. The van der Waals surface area contributed by atoms with Gasteiger partial charge in [0.15, 0.2) is 10.1 Å². The number of thioether (sulfide) groups is 1. The summed E-state index contributed by atoms with van der Waals surface area (Å²) >= 11 is 2.82. The Morgan fingerprint density at radius 1 is 1.03 bits per heavy atom. The lowest BCUT2D eigenvalue weighted by Gasteiger charge is -2.07. The van der Waals surface area contributed by atoms with E-state index in [9.17, 15) is 4.79 Å². The molecular formula is C24H19N3O2S2. The fourth-order valence-corrected chi connectivity index (χ4v) is 5.35. The second-order valence-corrected chi connectivity index (χ2v) is 9.32. The second-order valence-electron chi connectivity index (χ2n) is 7.12. The molecule has 5 nitrogen and oxygen atoms in total. The number of hydrogen-bond donors (Lipinski definition) is 1. The molecule has 31 heavy (non-hydrogen) atoms. The van der Waals surface area contributed by atoms with Crippen molar-refractivity contribution in [2.75, 3.05) is 18.2 Å². The molecule has 0 saturated carbocycles. The maximum Gasteiger partial charge on any atom is 0.210 e. The molecule has 154 valence electrons. The average molecular weight is 446 g/mol. The molecule has 0 bridgehead atoms. The van der Waals surface area contributed by atoms with E-state index in [1.54, 1.807) is 7.11 Å². The molecule has 0 saturated heterocycles. The molecule has 0 radical (unpaired) electrons. The number of carbonyl (C=O) groups excluding carboxylic acids is 1. The van der Waals surface area contributed by atoms with Gasteiger partial charge >= 0.3 is 0 Å².